The van der Waals surface area contributed by atoms with Gasteiger partial charge in [-0.05, 0) is 37.0 Å². The minimum absolute atomic E-state index is 0.567. The predicted molar refractivity (Wildman–Crippen MR) is 69.6 cm³/mol. The second-order valence-electron chi connectivity index (χ2n) is 5.39. The van der Waals surface area contributed by atoms with Gasteiger partial charge in [0.1, 0.15) is 0 Å². The first-order chi connectivity index (χ1) is 7.18. The predicted octanol–water partition coefficient (Wildman–Crippen LogP) is 4.39. The van der Waals surface area contributed by atoms with E-state index in [2.05, 4.69) is 29.8 Å². The number of rotatable bonds is 7. The zero-order valence-corrected chi connectivity index (χ0v) is 11.8. The van der Waals surface area contributed by atoms with Gasteiger partial charge >= 0.3 is 0 Å². The lowest BCUT2D eigenvalue weighted by Crippen LogP contribution is -2.20. The Hall–Kier alpha value is 0.440. The van der Waals surface area contributed by atoms with E-state index in [-0.39, 0.29) is 0 Å². The van der Waals surface area contributed by atoms with Gasteiger partial charge < -0.3 is 4.74 Å². The largest absolute Gasteiger partial charge is 0.381 e. The Morgan fingerprint density at radius 1 is 1.20 bits per heavy atom. The molecular weight excluding hydrogens is 252 g/mol. The molecule has 2 heteroatoms. The third kappa shape index (κ3) is 4.86. The molecule has 1 aliphatic carbocycles. The van der Waals surface area contributed by atoms with Crippen LogP contribution in [0.3, 0.4) is 0 Å². The van der Waals surface area contributed by atoms with Gasteiger partial charge in [0.2, 0.25) is 0 Å². The van der Waals surface area contributed by atoms with E-state index in [1.165, 1.54) is 38.5 Å². The minimum Gasteiger partial charge on any atom is -0.381 e. The van der Waals surface area contributed by atoms with Crippen LogP contribution in [0, 0.1) is 11.3 Å². The molecule has 0 spiro atoms. The van der Waals surface area contributed by atoms with Crippen molar-refractivity contribution in [2.24, 2.45) is 11.3 Å². The Morgan fingerprint density at radius 2 is 1.87 bits per heavy atom. The van der Waals surface area contributed by atoms with Crippen LogP contribution in [-0.4, -0.2) is 18.5 Å². The summed E-state index contributed by atoms with van der Waals surface area (Å²) < 4.78 is 5.71. The second kappa shape index (κ2) is 6.90. The fourth-order valence-corrected chi connectivity index (χ4v) is 3.13. The minimum atomic E-state index is 0.567. The summed E-state index contributed by atoms with van der Waals surface area (Å²) in [7, 11) is 0. The third-order valence-corrected chi connectivity index (χ3v) is 4.75. The highest BCUT2D eigenvalue weighted by molar-refractivity contribution is 9.09. The number of halogens is 1. The molecule has 1 saturated carbocycles. The molecule has 1 rings (SSSR count). The van der Waals surface area contributed by atoms with E-state index in [1.54, 1.807) is 0 Å². The van der Waals surface area contributed by atoms with Gasteiger partial charge in [-0.2, -0.15) is 0 Å². The third-order valence-electron chi connectivity index (χ3n) is 3.56. The van der Waals surface area contributed by atoms with Crippen LogP contribution in [0.5, 0.6) is 0 Å². The van der Waals surface area contributed by atoms with Gasteiger partial charge in [0.25, 0.3) is 0 Å². The molecule has 0 aromatic heterocycles. The standard InChI is InChI=1S/C13H25BrO/c1-12(2)5-9-15-10-8-13(11-14)6-3-4-7-13/h12H,3-11H2,1-2H3. The molecule has 0 aromatic rings. The molecule has 0 atom stereocenters. The Morgan fingerprint density at radius 3 is 2.40 bits per heavy atom. The molecule has 0 amide bonds. The molecule has 1 fully saturated rings. The SMILES string of the molecule is CC(C)CCOCCC1(CBr)CCCC1. The van der Waals surface area contributed by atoms with E-state index < -0.39 is 0 Å². The summed E-state index contributed by atoms with van der Waals surface area (Å²) in [6.45, 7) is 6.40. The molecular formula is C13H25BrO. The van der Waals surface area contributed by atoms with Crippen molar-refractivity contribution in [3.63, 3.8) is 0 Å². The molecule has 0 heterocycles. The molecule has 0 unspecified atom stereocenters. The highest BCUT2D eigenvalue weighted by atomic mass is 79.9. The molecule has 15 heavy (non-hydrogen) atoms. The zero-order chi connectivity index (χ0) is 11.1. The fraction of sp³-hybridized carbons (Fsp3) is 1.00. The molecule has 0 saturated heterocycles. The highest BCUT2D eigenvalue weighted by Gasteiger charge is 2.32. The normalized spacial score (nSPS) is 20.0. The lowest BCUT2D eigenvalue weighted by atomic mass is 9.85. The van der Waals surface area contributed by atoms with E-state index in [4.69, 9.17) is 4.74 Å². The number of alkyl halides is 1. The summed E-state index contributed by atoms with van der Waals surface area (Å²) >= 11 is 3.67. The van der Waals surface area contributed by atoms with Crippen LogP contribution in [0.1, 0.15) is 52.4 Å². The summed E-state index contributed by atoms with van der Waals surface area (Å²) in [5.41, 5.74) is 0.567. The van der Waals surface area contributed by atoms with Crippen molar-refractivity contribution in [3.05, 3.63) is 0 Å². The van der Waals surface area contributed by atoms with Gasteiger partial charge in [-0.3, -0.25) is 0 Å². The molecule has 0 N–H and O–H groups in total. The molecule has 0 radical (unpaired) electrons. The van der Waals surface area contributed by atoms with Crippen LogP contribution in [0.25, 0.3) is 0 Å². The van der Waals surface area contributed by atoms with Crippen LogP contribution in [0.2, 0.25) is 0 Å². The van der Waals surface area contributed by atoms with Gasteiger partial charge in [0.15, 0.2) is 0 Å². The Balaban J connectivity index is 2.07. The summed E-state index contributed by atoms with van der Waals surface area (Å²) in [6.07, 6.45) is 8.06. The van der Waals surface area contributed by atoms with Gasteiger partial charge in [0, 0.05) is 18.5 Å². The zero-order valence-electron chi connectivity index (χ0n) is 10.2. The molecule has 0 aliphatic heterocycles. The van der Waals surface area contributed by atoms with Crippen molar-refractivity contribution in [1.82, 2.24) is 0 Å². The average Bonchev–Trinajstić information content (AvgIpc) is 2.66. The fourth-order valence-electron chi connectivity index (χ4n) is 2.29. The Bertz CT molecular complexity index is 162. The lowest BCUT2D eigenvalue weighted by Gasteiger charge is -2.26. The topological polar surface area (TPSA) is 9.23 Å². The maximum atomic E-state index is 5.71. The van der Waals surface area contributed by atoms with Crippen LogP contribution < -0.4 is 0 Å². The number of hydrogen-bond acceptors (Lipinski definition) is 1. The first-order valence-electron chi connectivity index (χ1n) is 6.32. The maximum absolute atomic E-state index is 5.71. The summed E-state index contributed by atoms with van der Waals surface area (Å²) in [6, 6.07) is 0. The van der Waals surface area contributed by atoms with Gasteiger partial charge in [-0.25, -0.2) is 0 Å². The lowest BCUT2D eigenvalue weighted by molar-refractivity contribution is 0.0943. The van der Waals surface area contributed by atoms with E-state index in [0.717, 1.165) is 24.5 Å². The quantitative estimate of drug-likeness (QED) is 0.495. The highest BCUT2D eigenvalue weighted by Crippen LogP contribution is 2.42. The average molecular weight is 277 g/mol. The van der Waals surface area contributed by atoms with Gasteiger partial charge in [0.05, 0.1) is 0 Å². The van der Waals surface area contributed by atoms with Gasteiger partial charge in [-0.1, -0.05) is 42.6 Å². The first kappa shape index (κ1) is 13.5. The van der Waals surface area contributed by atoms with Crippen molar-refractivity contribution in [1.29, 1.82) is 0 Å². The molecule has 1 aliphatic rings. The smallest absolute Gasteiger partial charge is 0.0471 e. The van der Waals surface area contributed by atoms with E-state index >= 15 is 0 Å². The van der Waals surface area contributed by atoms with Crippen LogP contribution in [0.4, 0.5) is 0 Å². The molecule has 0 aromatic carbocycles. The van der Waals surface area contributed by atoms with Crippen molar-refractivity contribution in [3.8, 4) is 0 Å². The maximum Gasteiger partial charge on any atom is 0.0471 e. The Labute approximate surface area is 103 Å². The number of ether oxygens (including phenoxy) is 1. The first-order valence-corrected chi connectivity index (χ1v) is 7.44. The van der Waals surface area contributed by atoms with E-state index in [1.807, 2.05) is 0 Å². The van der Waals surface area contributed by atoms with E-state index in [0.29, 0.717) is 5.41 Å². The molecule has 90 valence electrons. The Kier molecular flexibility index (Phi) is 6.21. The van der Waals surface area contributed by atoms with Crippen LogP contribution >= 0.6 is 15.9 Å². The van der Waals surface area contributed by atoms with Crippen molar-refractivity contribution >= 4 is 15.9 Å². The van der Waals surface area contributed by atoms with Crippen molar-refractivity contribution < 1.29 is 4.74 Å². The molecule has 0 bridgehead atoms. The molecule has 1 nitrogen and oxygen atoms in total. The van der Waals surface area contributed by atoms with Crippen molar-refractivity contribution in [2.75, 3.05) is 18.5 Å². The van der Waals surface area contributed by atoms with Crippen molar-refractivity contribution in [2.45, 2.75) is 52.4 Å². The second-order valence-corrected chi connectivity index (χ2v) is 5.95. The monoisotopic (exact) mass is 276 g/mol. The summed E-state index contributed by atoms with van der Waals surface area (Å²) in [5.74, 6) is 0.765. The van der Waals surface area contributed by atoms with E-state index in [9.17, 15) is 0 Å². The van der Waals surface area contributed by atoms with Crippen LogP contribution in [0.15, 0.2) is 0 Å². The van der Waals surface area contributed by atoms with Crippen LogP contribution in [-0.2, 0) is 4.74 Å². The summed E-state index contributed by atoms with van der Waals surface area (Å²) in [5, 5.41) is 1.16. The summed E-state index contributed by atoms with van der Waals surface area (Å²) in [4.78, 5) is 0. The number of hydrogen-bond donors (Lipinski definition) is 0. The van der Waals surface area contributed by atoms with Gasteiger partial charge in [-0.15, -0.1) is 0 Å².